The van der Waals surface area contributed by atoms with Gasteiger partial charge in [-0.3, -0.25) is 4.57 Å². The van der Waals surface area contributed by atoms with Gasteiger partial charge in [0.15, 0.2) is 0 Å². The van der Waals surface area contributed by atoms with Crippen molar-refractivity contribution in [1.29, 1.82) is 0 Å². The Bertz CT molecular complexity index is 521. The van der Waals surface area contributed by atoms with Gasteiger partial charge in [0.05, 0.1) is 13.2 Å². The van der Waals surface area contributed by atoms with Crippen LogP contribution in [-0.4, -0.2) is 45.0 Å². The van der Waals surface area contributed by atoms with Crippen molar-refractivity contribution in [2.75, 3.05) is 18.9 Å². The van der Waals surface area contributed by atoms with Crippen molar-refractivity contribution in [2.45, 2.75) is 17.8 Å². The van der Waals surface area contributed by atoms with Crippen LogP contribution in [0.5, 0.6) is 0 Å². The summed E-state index contributed by atoms with van der Waals surface area (Å²) in [5.41, 5.74) is 1.48. The minimum Gasteiger partial charge on any atom is -0.391 e. The van der Waals surface area contributed by atoms with Crippen molar-refractivity contribution in [3.63, 3.8) is 0 Å². The second-order valence-electron chi connectivity index (χ2n) is 3.90. The normalized spacial score (nSPS) is 30.6. The van der Waals surface area contributed by atoms with E-state index >= 15 is 0 Å². The van der Waals surface area contributed by atoms with Gasteiger partial charge in [-0.1, -0.05) is 0 Å². The van der Waals surface area contributed by atoms with Crippen LogP contribution in [0, 0.1) is 0 Å². The van der Waals surface area contributed by atoms with Crippen molar-refractivity contribution >= 4 is 5.82 Å². The predicted molar refractivity (Wildman–Crippen MR) is 54.9 cm³/mol. The van der Waals surface area contributed by atoms with Crippen molar-refractivity contribution < 1.29 is 23.7 Å². The highest BCUT2D eigenvalue weighted by Crippen LogP contribution is 2.43. The maximum atomic E-state index is 13.9. The Kier molecular flexibility index (Phi) is 2.84. The van der Waals surface area contributed by atoms with Crippen LogP contribution < -0.4 is 11.4 Å². The molecule has 1 aromatic heterocycles. The number of halogens is 2. The molecule has 0 spiro atoms. The van der Waals surface area contributed by atoms with Crippen LogP contribution in [0.25, 0.3) is 0 Å². The van der Waals surface area contributed by atoms with E-state index in [2.05, 4.69) is 4.98 Å². The highest BCUT2D eigenvalue weighted by atomic mass is 19.3. The fourth-order valence-electron chi connectivity index (χ4n) is 1.83. The first-order valence-electron chi connectivity index (χ1n) is 5.01. The Hall–Kier alpha value is -1.58. The first-order valence-corrected chi connectivity index (χ1v) is 5.01. The molecule has 0 aromatic carbocycles. The van der Waals surface area contributed by atoms with Gasteiger partial charge in [0, 0.05) is 6.20 Å². The summed E-state index contributed by atoms with van der Waals surface area (Å²) in [5.74, 6) is -3.98. The Morgan fingerprint density at radius 3 is 2.78 bits per heavy atom. The Labute approximate surface area is 99.4 Å². The van der Waals surface area contributed by atoms with Crippen molar-refractivity contribution in [3.8, 4) is 0 Å². The molecule has 2 rings (SSSR count). The van der Waals surface area contributed by atoms with Gasteiger partial charge in [0.1, 0.15) is 11.9 Å². The fraction of sp³-hybridized carbons (Fsp3) is 0.556. The smallest absolute Gasteiger partial charge is 0.352 e. The van der Waals surface area contributed by atoms with Gasteiger partial charge in [0.2, 0.25) is 5.72 Å². The van der Waals surface area contributed by atoms with Crippen molar-refractivity contribution in [2.24, 2.45) is 0 Å². The molecular weight excluding hydrogens is 252 g/mol. The van der Waals surface area contributed by atoms with E-state index in [9.17, 15) is 23.8 Å². The zero-order valence-corrected chi connectivity index (χ0v) is 9.08. The molecule has 0 aliphatic carbocycles. The van der Waals surface area contributed by atoms with Crippen LogP contribution in [0.3, 0.4) is 0 Å². The molecule has 0 radical (unpaired) electrons. The van der Waals surface area contributed by atoms with Crippen LogP contribution in [0.2, 0.25) is 0 Å². The molecule has 0 saturated carbocycles. The highest BCUT2D eigenvalue weighted by molar-refractivity contribution is 5.24. The third-order valence-electron chi connectivity index (χ3n) is 2.85. The van der Waals surface area contributed by atoms with Gasteiger partial charge in [-0.15, -0.1) is 0 Å². The SMILES string of the molecule is Nc1ccn(C2(CO)OCC(O)C2(F)F)c(=O)n1. The molecule has 2 heterocycles. The number of nitrogens with two attached hydrogens (primary N) is 1. The van der Waals surface area contributed by atoms with Crippen LogP contribution in [-0.2, 0) is 10.5 Å². The number of ether oxygens (including phenoxy) is 1. The summed E-state index contributed by atoms with van der Waals surface area (Å²) in [6.45, 7) is -1.90. The van der Waals surface area contributed by atoms with Gasteiger partial charge in [-0.05, 0) is 6.07 Å². The fourth-order valence-corrected chi connectivity index (χ4v) is 1.83. The maximum absolute atomic E-state index is 13.9. The molecule has 2 atom stereocenters. The number of rotatable bonds is 2. The third kappa shape index (κ3) is 1.51. The molecule has 7 nitrogen and oxygen atoms in total. The van der Waals surface area contributed by atoms with Gasteiger partial charge in [0.25, 0.3) is 0 Å². The topological polar surface area (TPSA) is 111 Å². The van der Waals surface area contributed by atoms with E-state index in [0.29, 0.717) is 4.57 Å². The number of nitrogens with zero attached hydrogens (tertiary/aromatic N) is 2. The highest BCUT2D eigenvalue weighted by Gasteiger charge is 2.66. The molecule has 0 bridgehead atoms. The Balaban J connectivity index is 2.62. The molecule has 9 heteroatoms. The van der Waals surface area contributed by atoms with Crippen LogP contribution in [0.4, 0.5) is 14.6 Å². The predicted octanol–water partition coefficient (Wildman–Crippen LogP) is -1.50. The number of anilines is 1. The summed E-state index contributed by atoms with van der Waals surface area (Å²) in [5, 5.41) is 18.4. The number of aliphatic hydroxyl groups excluding tert-OH is 2. The molecule has 1 aromatic rings. The van der Waals surface area contributed by atoms with Gasteiger partial charge in [-0.25, -0.2) is 4.79 Å². The average molecular weight is 263 g/mol. The van der Waals surface area contributed by atoms with Crippen LogP contribution in [0.1, 0.15) is 0 Å². The molecule has 1 fully saturated rings. The monoisotopic (exact) mass is 263 g/mol. The van der Waals surface area contributed by atoms with E-state index < -0.39 is 36.7 Å². The summed E-state index contributed by atoms with van der Waals surface area (Å²) >= 11 is 0. The molecule has 2 unspecified atom stereocenters. The van der Waals surface area contributed by atoms with Gasteiger partial charge in [-0.2, -0.15) is 13.8 Å². The van der Waals surface area contributed by atoms with E-state index in [4.69, 9.17) is 10.5 Å². The number of aliphatic hydroxyl groups is 2. The molecular formula is C9H11F2N3O4. The lowest BCUT2D eigenvalue weighted by Crippen LogP contribution is -2.57. The zero-order valence-electron chi connectivity index (χ0n) is 9.08. The average Bonchev–Trinajstić information content (AvgIpc) is 2.52. The molecule has 18 heavy (non-hydrogen) atoms. The number of hydrogen-bond donors (Lipinski definition) is 3. The molecule has 0 amide bonds. The van der Waals surface area contributed by atoms with Crippen molar-refractivity contribution in [3.05, 3.63) is 22.7 Å². The van der Waals surface area contributed by atoms with Crippen molar-refractivity contribution in [1.82, 2.24) is 9.55 Å². The quantitative estimate of drug-likeness (QED) is 0.598. The lowest BCUT2D eigenvalue weighted by atomic mass is 10.0. The molecule has 1 aliphatic rings. The molecule has 1 aliphatic heterocycles. The maximum Gasteiger partial charge on any atom is 0.352 e. The van der Waals surface area contributed by atoms with Gasteiger partial charge < -0.3 is 20.7 Å². The summed E-state index contributed by atoms with van der Waals surface area (Å²) < 4.78 is 32.9. The number of aromatic nitrogens is 2. The van der Waals surface area contributed by atoms with E-state index in [0.717, 1.165) is 12.3 Å². The van der Waals surface area contributed by atoms with E-state index in [1.54, 1.807) is 0 Å². The standard InChI is InChI=1S/C9H11F2N3O4/c10-9(11)5(16)3-18-8(9,4-15)14-2-1-6(12)13-7(14)17/h1-2,5,15-16H,3-4H2,(H2,12,13,17). The van der Waals surface area contributed by atoms with Crippen LogP contribution in [0.15, 0.2) is 17.1 Å². The summed E-state index contributed by atoms with van der Waals surface area (Å²) in [6, 6.07) is 1.11. The van der Waals surface area contributed by atoms with E-state index in [-0.39, 0.29) is 5.82 Å². The first kappa shape index (κ1) is 12.9. The number of alkyl halides is 2. The summed E-state index contributed by atoms with van der Waals surface area (Å²) in [6.07, 6.45) is -1.18. The third-order valence-corrected chi connectivity index (χ3v) is 2.85. The number of hydrogen-bond acceptors (Lipinski definition) is 6. The molecule has 1 saturated heterocycles. The largest absolute Gasteiger partial charge is 0.391 e. The molecule has 100 valence electrons. The lowest BCUT2D eigenvalue weighted by Gasteiger charge is -2.33. The zero-order chi connectivity index (χ0) is 13.6. The second kappa shape index (κ2) is 3.97. The first-order chi connectivity index (χ1) is 8.35. The summed E-state index contributed by atoms with van der Waals surface area (Å²) in [7, 11) is 0. The Morgan fingerprint density at radius 1 is 1.67 bits per heavy atom. The van der Waals surface area contributed by atoms with Crippen LogP contribution >= 0.6 is 0 Å². The van der Waals surface area contributed by atoms with E-state index in [1.807, 2.05) is 0 Å². The number of nitrogen functional groups attached to an aromatic ring is 1. The van der Waals surface area contributed by atoms with Gasteiger partial charge >= 0.3 is 11.6 Å². The lowest BCUT2D eigenvalue weighted by molar-refractivity contribution is -0.233. The summed E-state index contributed by atoms with van der Waals surface area (Å²) in [4.78, 5) is 14.8. The minimum atomic E-state index is -3.83. The van der Waals surface area contributed by atoms with E-state index in [1.165, 1.54) is 0 Å². The molecule has 4 N–H and O–H groups in total. The minimum absolute atomic E-state index is 0.147. The Morgan fingerprint density at radius 2 is 2.33 bits per heavy atom. The second-order valence-corrected chi connectivity index (χ2v) is 3.90.